The summed E-state index contributed by atoms with van der Waals surface area (Å²) in [5.74, 6) is 0. The van der Waals surface area contributed by atoms with Gasteiger partial charge in [-0.25, -0.2) is 0 Å². The first-order valence-corrected chi connectivity index (χ1v) is 22.7. The van der Waals surface area contributed by atoms with E-state index in [2.05, 4.69) is 25.7 Å². The molecule has 0 aliphatic rings. The molecule has 0 saturated heterocycles. The lowest BCUT2D eigenvalue weighted by molar-refractivity contribution is -0.0287. The van der Waals surface area contributed by atoms with E-state index in [9.17, 15) is 0 Å². The maximum absolute atomic E-state index is 6.69. The molecule has 0 N–H and O–H groups in total. The van der Waals surface area contributed by atoms with E-state index in [1.54, 1.807) is 0 Å². The average Bonchev–Trinajstić information content (AvgIpc) is 2.96. The molecule has 0 fully saturated rings. The van der Waals surface area contributed by atoms with Gasteiger partial charge >= 0.3 is 26.4 Å². The predicted octanol–water partition coefficient (Wildman–Crippen LogP) is 6.56. The van der Waals surface area contributed by atoms with Gasteiger partial charge in [0.2, 0.25) is 0 Å². The lowest BCUT2D eigenvalue weighted by Crippen LogP contribution is -2.77. The van der Waals surface area contributed by atoms with Crippen LogP contribution in [0.2, 0.25) is 0 Å². The van der Waals surface area contributed by atoms with Gasteiger partial charge in [-0.05, 0) is 81.6 Å². The van der Waals surface area contributed by atoms with Gasteiger partial charge in [-0.1, -0.05) is 40.0 Å². The average molecular weight is 672 g/mol. The molecule has 0 aromatic carbocycles. The van der Waals surface area contributed by atoms with Gasteiger partial charge in [0, 0.05) is 59.5 Å². The molecule has 0 spiro atoms. The third-order valence-corrected chi connectivity index (χ3v) is 17.5. The van der Waals surface area contributed by atoms with E-state index in [0.29, 0.717) is 59.5 Å². The van der Waals surface area contributed by atoms with Crippen molar-refractivity contribution in [3.05, 3.63) is 0 Å². The Balaban J connectivity index is 8.21. The fourth-order valence-corrected chi connectivity index (χ4v) is 16.7. The highest BCUT2D eigenvalue weighted by atomic mass is 28.4. The molecule has 43 heavy (non-hydrogen) atoms. The molecule has 0 saturated carbocycles. The van der Waals surface area contributed by atoms with Crippen molar-refractivity contribution in [2.24, 2.45) is 0 Å². The van der Waals surface area contributed by atoms with Crippen LogP contribution in [0.1, 0.15) is 122 Å². The predicted molar refractivity (Wildman–Crippen MR) is 180 cm³/mol. The first kappa shape index (κ1) is 43.3. The topological polar surface area (TPSA) is 86.3 Å². The van der Waals surface area contributed by atoms with Crippen LogP contribution in [0.4, 0.5) is 0 Å². The molecule has 0 aliphatic carbocycles. The van der Waals surface area contributed by atoms with Crippen LogP contribution in [0, 0.1) is 0 Å². The second-order valence-electron chi connectivity index (χ2n) is 10.1. The molecule has 0 rings (SSSR count). The maximum Gasteiger partial charge on any atom is 0.519 e. The molecular formula is C30H69NO9Si3. The third-order valence-electron chi connectivity index (χ3n) is 7.10. The third kappa shape index (κ3) is 12.1. The van der Waals surface area contributed by atoms with Crippen molar-refractivity contribution in [1.82, 2.24) is 4.90 Å². The Bertz CT molecular complexity index is 532. The normalized spacial score (nSPS) is 15.3. The number of hydrogen-bond acceptors (Lipinski definition) is 10. The molecule has 13 heteroatoms. The van der Waals surface area contributed by atoms with Crippen LogP contribution in [0.5, 0.6) is 0 Å². The molecular weight excluding hydrogens is 603 g/mol. The van der Waals surface area contributed by atoms with Gasteiger partial charge in [-0.15, -0.1) is 0 Å². The van der Waals surface area contributed by atoms with Gasteiger partial charge in [0.1, 0.15) is 0 Å². The lowest BCUT2D eigenvalue weighted by atomic mass is 10.2. The van der Waals surface area contributed by atoms with Crippen LogP contribution in [0.15, 0.2) is 0 Å². The highest BCUT2D eigenvalue weighted by molar-refractivity contribution is 6.66. The highest BCUT2D eigenvalue weighted by Crippen LogP contribution is 2.38. The van der Waals surface area contributed by atoms with Gasteiger partial charge in [-0.2, -0.15) is 0 Å². The molecule has 0 amide bonds. The van der Waals surface area contributed by atoms with Crippen molar-refractivity contribution in [3.8, 4) is 0 Å². The SMILES string of the molecule is CCCC(N(C(CCC)[Si](OCC)(OCC)OCC)C(CCC)[Si](OCC)(OCC)OCC)[Si](OCC)(OCC)OCC. The van der Waals surface area contributed by atoms with Crippen LogP contribution in [-0.2, 0) is 39.8 Å². The van der Waals surface area contributed by atoms with E-state index in [1.165, 1.54) is 0 Å². The Kier molecular flexibility index (Phi) is 24.6. The smallest absolute Gasteiger partial charge is 0.373 e. The summed E-state index contributed by atoms with van der Waals surface area (Å²) in [4.78, 5) is 2.53. The van der Waals surface area contributed by atoms with Crippen molar-refractivity contribution in [3.63, 3.8) is 0 Å². The fourth-order valence-electron chi connectivity index (χ4n) is 6.05. The van der Waals surface area contributed by atoms with E-state index < -0.39 is 26.4 Å². The summed E-state index contributed by atoms with van der Waals surface area (Å²) in [5.41, 5.74) is -0.689. The monoisotopic (exact) mass is 671 g/mol. The van der Waals surface area contributed by atoms with Gasteiger partial charge in [0.15, 0.2) is 0 Å². The minimum atomic E-state index is -3.35. The summed E-state index contributed by atoms with van der Waals surface area (Å²) in [6, 6.07) is 0. The molecule has 0 aromatic rings. The van der Waals surface area contributed by atoms with Gasteiger partial charge in [0.05, 0.1) is 17.0 Å². The molecule has 0 aromatic heterocycles. The zero-order valence-electron chi connectivity index (χ0n) is 30.0. The Hall–Kier alpha value is 0.251. The highest BCUT2D eigenvalue weighted by Gasteiger charge is 2.65. The van der Waals surface area contributed by atoms with E-state index in [-0.39, 0.29) is 17.0 Å². The molecule has 10 nitrogen and oxygen atoms in total. The van der Waals surface area contributed by atoms with Crippen molar-refractivity contribution < 1.29 is 39.8 Å². The molecule has 3 atom stereocenters. The Labute approximate surface area is 268 Å². The summed E-state index contributed by atoms with van der Waals surface area (Å²) >= 11 is 0. The lowest BCUT2D eigenvalue weighted by Gasteiger charge is -2.53. The van der Waals surface area contributed by atoms with E-state index >= 15 is 0 Å². The Morgan fingerprint density at radius 2 is 0.488 bits per heavy atom. The van der Waals surface area contributed by atoms with Crippen LogP contribution >= 0.6 is 0 Å². The van der Waals surface area contributed by atoms with Crippen LogP contribution in [0.3, 0.4) is 0 Å². The minimum Gasteiger partial charge on any atom is -0.373 e. The zero-order valence-corrected chi connectivity index (χ0v) is 33.0. The number of hydrogen-bond donors (Lipinski definition) is 0. The zero-order chi connectivity index (χ0) is 32.8. The summed E-state index contributed by atoms with van der Waals surface area (Å²) in [6.07, 6.45) is 5.07. The quantitative estimate of drug-likeness (QED) is 0.0783. The van der Waals surface area contributed by atoms with E-state index in [4.69, 9.17) is 39.8 Å². The van der Waals surface area contributed by atoms with E-state index in [0.717, 1.165) is 38.5 Å². The number of nitrogens with zero attached hydrogens (tertiary/aromatic N) is 1. The summed E-state index contributed by atoms with van der Waals surface area (Å²) in [5, 5.41) is 0. The van der Waals surface area contributed by atoms with Crippen molar-refractivity contribution in [2.75, 3.05) is 59.5 Å². The second kappa shape index (κ2) is 24.4. The summed E-state index contributed by atoms with van der Waals surface area (Å²) in [6.45, 7) is 29.0. The summed E-state index contributed by atoms with van der Waals surface area (Å²) < 4.78 is 60.2. The van der Waals surface area contributed by atoms with Crippen molar-refractivity contribution >= 4 is 26.4 Å². The van der Waals surface area contributed by atoms with Crippen LogP contribution < -0.4 is 0 Å². The molecule has 260 valence electrons. The van der Waals surface area contributed by atoms with Crippen LogP contribution in [-0.4, -0.2) is 108 Å². The number of rotatable bonds is 30. The molecule has 0 bridgehead atoms. The van der Waals surface area contributed by atoms with E-state index in [1.807, 2.05) is 62.3 Å². The Morgan fingerprint density at radius 3 is 0.605 bits per heavy atom. The maximum atomic E-state index is 6.69. The summed E-state index contributed by atoms with van der Waals surface area (Å²) in [7, 11) is -10.1. The van der Waals surface area contributed by atoms with Crippen molar-refractivity contribution in [1.29, 1.82) is 0 Å². The van der Waals surface area contributed by atoms with Crippen LogP contribution in [0.25, 0.3) is 0 Å². The Morgan fingerprint density at radius 1 is 0.326 bits per heavy atom. The first-order chi connectivity index (χ1) is 20.8. The minimum absolute atomic E-state index is 0.230. The molecule has 3 unspecified atom stereocenters. The molecule has 0 heterocycles. The molecule has 0 aliphatic heterocycles. The molecule has 0 radical (unpaired) electrons. The largest absolute Gasteiger partial charge is 0.519 e. The van der Waals surface area contributed by atoms with Crippen molar-refractivity contribution in [2.45, 2.75) is 139 Å². The van der Waals surface area contributed by atoms with Gasteiger partial charge < -0.3 is 39.8 Å². The first-order valence-electron chi connectivity index (χ1n) is 17.3. The second-order valence-corrected chi connectivity index (χ2v) is 18.3. The van der Waals surface area contributed by atoms with Gasteiger partial charge in [0.25, 0.3) is 0 Å². The van der Waals surface area contributed by atoms with Gasteiger partial charge in [-0.3, -0.25) is 4.90 Å². The standard InChI is InChI=1S/C30H69NO9Si3/c1-13-25-28(41(32-16-4,33-17-5)34-18-6)31(29(26-14-2)42(35-19-7,36-20-8)37-21-9)30(27-15-3)43(38-22-10,39-23-11)40-24-12/h28-30H,13-27H2,1-12H3. The fraction of sp³-hybridized carbons (Fsp3) is 1.00.